The van der Waals surface area contributed by atoms with Crippen molar-refractivity contribution in [2.75, 3.05) is 24.6 Å². The second kappa shape index (κ2) is 5.13. The molecule has 2 heterocycles. The van der Waals surface area contributed by atoms with Gasteiger partial charge in [0.2, 0.25) is 0 Å². The van der Waals surface area contributed by atoms with E-state index < -0.39 is 6.10 Å². The number of morpholine rings is 1. The zero-order valence-corrected chi connectivity index (χ0v) is 11.0. The number of anilines is 1. The number of ether oxygens (including phenoxy) is 1. The average molecular weight is 262 g/mol. The number of carbonyl (C=O) groups is 1. The van der Waals surface area contributed by atoms with Gasteiger partial charge in [0.05, 0.1) is 13.2 Å². The van der Waals surface area contributed by atoms with E-state index in [1.165, 1.54) is 0 Å². The van der Waals surface area contributed by atoms with Gasteiger partial charge in [0.1, 0.15) is 12.1 Å². The van der Waals surface area contributed by atoms with Crippen LogP contribution >= 0.6 is 0 Å². The molecule has 0 spiro atoms. The first kappa shape index (κ1) is 12.3. The van der Waals surface area contributed by atoms with Gasteiger partial charge >= 0.3 is 0 Å². The number of hydrogen-bond acceptors (Lipinski definition) is 5. The molecule has 2 aliphatic rings. The molecule has 1 unspecified atom stereocenters. The Kier molecular flexibility index (Phi) is 3.33. The molecule has 1 N–H and O–H groups in total. The van der Waals surface area contributed by atoms with Gasteiger partial charge in [-0.3, -0.25) is 4.79 Å². The summed E-state index contributed by atoms with van der Waals surface area (Å²) in [5.41, 5.74) is 0.926. The summed E-state index contributed by atoms with van der Waals surface area (Å²) in [7, 11) is 0. The van der Waals surface area contributed by atoms with Gasteiger partial charge in [0.25, 0.3) is 5.91 Å². The van der Waals surface area contributed by atoms with E-state index >= 15 is 0 Å². The number of amides is 1. The Hall–Kier alpha value is -1.69. The number of rotatable bonds is 3. The number of nitrogens with one attached hydrogen (secondary N) is 1. The maximum atomic E-state index is 12.0. The highest BCUT2D eigenvalue weighted by atomic mass is 16.5. The lowest BCUT2D eigenvalue weighted by Gasteiger charge is -2.33. The van der Waals surface area contributed by atoms with Gasteiger partial charge < -0.3 is 15.0 Å². The van der Waals surface area contributed by atoms with Crippen molar-refractivity contribution in [1.29, 1.82) is 0 Å². The van der Waals surface area contributed by atoms with Crippen LogP contribution in [0, 0.1) is 6.92 Å². The van der Waals surface area contributed by atoms with Gasteiger partial charge in [0, 0.05) is 24.3 Å². The highest BCUT2D eigenvalue weighted by Gasteiger charge is 2.31. The minimum atomic E-state index is -0.398. The van der Waals surface area contributed by atoms with Crippen molar-refractivity contribution in [2.45, 2.75) is 31.9 Å². The van der Waals surface area contributed by atoms with E-state index in [2.05, 4.69) is 20.2 Å². The quantitative estimate of drug-likeness (QED) is 0.847. The minimum Gasteiger partial charge on any atom is -0.365 e. The molecule has 3 rings (SSSR count). The molecule has 6 heteroatoms. The first-order valence-electron chi connectivity index (χ1n) is 6.68. The summed E-state index contributed by atoms with van der Waals surface area (Å²) in [5, 5.41) is 2.98. The first-order valence-corrected chi connectivity index (χ1v) is 6.68. The van der Waals surface area contributed by atoms with Crippen LogP contribution in [0.15, 0.2) is 12.4 Å². The fourth-order valence-electron chi connectivity index (χ4n) is 2.15. The topological polar surface area (TPSA) is 67.3 Å². The summed E-state index contributed by atoms with van der Waals surface area (Å²) in [6, 6.07) is 2.30. The van der Waals surface area contributed by atoms with Crippen LogP contribution in [0.4, 0.5) is 5.82 Å². The fraction of sp³-hybridized carbons (Fsp3) is 0.615. The van der Waals surface area contributed by atoms with E-state index in [9.17, 15) is 4.79 Å². The molecule has 6 nitrogen and oxygen atoms in total. The molecule has 1 aliphatic heterocycles. The second-order valence-corrected chi connectivity index (χ2v) is 5.11. The van der Waals surface area contributed by atoms with Crippen LogP contribution in [-0.4, -0.2) is 47.7 Å². The first-order chi connectivity index (χ1) is 9.22. The summed E-state index contributed by atoms with van der Waals surface area (Å²) in [6.45, 7) is 3.79. The third-order valence-corrected chi connectivity index (χ3v) is 3.40. The minimum absolute atomic E-state index is 0.00187. The third-order valence-electron chi connectivity index (χ3n) is 3.40. The van der Waals surface area contributed by atoms with Crippen molar-refractivity contribution in [1.82, 2.24) is 15.3 Å². The van der Waals surface area contributed by atoms with Gasteiger partial charge in [-0.1, -0.05) is 0 Å². The van der Waals surface area contributed by atoms with E-state index in [4.69, 9.17) is 4.74 Å². The van der Waals surface area contributed by atoms with Gasteiger partial charge in [-0.25, -0.2) is 9.97 Å². The van der Waals surface area contributed by atoms with Crippen molar-refractivity contribution in [3.63, 3.8) is 0 Å². The van der Waals surface area contributed by atoms with Crippen molar-refractivity contribution < 1.29 is 9.53 Å². The average Bonchev–Trinajstić information content (AvgIpc) is 3.23. The van der Waals surface area contributed by atoms with Crippen molar-refractivity contribution in [3.8, 4) is 0 Å². The monoisotopic (exact) mass is 262 g/mol. The van der Waals surface area contributed by atoms with E-state index in [-0.39, 0.29) is 5.91 Å². The van der Waals surface area contributed by atoms with Gasteiger partial charge in [-0.2, -0.15) is 0 Å². The van der Waals surface area contributed by atoms with Gasteiger partial charge in [-0.15, -0.1) is 0 Å². The van der Waals surface area contributed by atoms with E-state index in [1.807, 2.05) is 13.0 Å². The van der Waals surface area contributed by atoms with Crippen molar-refractivity contribution in [3.05, 3.63) is 18.1 Å². The Bertz CT molecular complexity index is 475. The summed E-state index contributed by atoms with van der Waals surface area (Å²) >= 11 is 0. The molecule has 19 heavy (non-hydrogen) atoms. The Morgan fingerprint density at radius 3 is 3.05 bits per heavy atom. The van der Waals surface area contributed by atoms with Crippen LogP contribution in [-0.2, 0) is 9.53 Å². The number of aryl methyl sites for hydroxylation is 1. The summed E-state index contributed by atoms with van der Waals surface area (Å²) in [5.74, 6) is 0.859. The summed E-state index contributed by atoms with van der Waals surface area (Å²) < 4.78 is 5.55. The molecule has 0 aromatic carbocycles. The summed E-state index contributed by atoms with van der Waals surface area (Å²) in [4.78, 5) is 22.4. The standard InChI is InChI=1S/C13H18N4O2/c1-9-6-12(15-8-14-9)17-4-5-19-11(7-17)13(18)16-10-2-3-10/h6,8,10-11H,2-5,7H2,1H3,(H,16,18). The number of nitrogens with zero attached hydrogens (tertiary/aromatic N) is 3. The molecule has 2 fully saturated rings. The Labute approximate surface area is 112 Å². The molecule has 1 aliphatic carbocycles. The SMILES string of the molecule is Cc1cc(N2CCOC(C(=O)NC3CC3)C2)ncn1. The lowest BCUT2D eigenvalue weighted by atomic mass is 10.2. The van der Waals surface area contributed by atoms with Crippen molar-refractivity contribution in [2.24, 2.45) is 0 Å². The highest BCUT2D eigenvalue weighted by molar-refractivity contribution is 5.82. The Morgan fingerprint density at radius 1 is 1.47 bits per heavy atom. The van der Waals surface area contributed by atoms with Crippen LogP contribution in [0.2, 0.25) is 0 Å². The maximum Gasteiger partial charge on any atom is 0.251 e. The van der Waals surface area contributed by atoms with Crippen LogP contribution in [0.25, 0.3) is 0 Å². The predicted octanol–water partition coefficient (Wildman–Crippen LogP) is 0.269. The maximum absolute atomic E-state index is 12.0. The second-order valence-electron chi connectivity index (χ2n) is 5.11. The Balaban J connectivity index is 1.65. The van der Waals surface area contributed by atoms with Crippen LogP contribution < -0.4 is 10.2 Å². The third kappa shape index (κ3) is 3.01. The fourth-order valence-corrected chi connectivity index (χ4v) is 2.15. The number of aromatic nitrogens is 2. The molecular formula is C13H18N4O2. The van der Waals surface area contributed by atoms with Crippen LogP contribution in [0.3, 0.4) is 0 Å². The van der Waals surface area contributed by atoms with E-state index in [1.54, 1.807) is 6.33 Å². The highest BCUT2D eigenvalue weighted by Crippen LogP contribution is 2.20. The molecule has 1 saturated carbocycles. The smallest absolute Gasteiger partial charge is 0.251 e. The lowest BCUT2D eigenvalue weighted by molar-refractivity contribution is -0.133. The molecule has 1 atom stereocenters. The van der Waals surface area contributed by atoms with Crippen molar-refractivity contribution >= 4 is 11.7 Å². The zero-order valence-electron chi connectivity index (χ0n) is 11.0. The van der Waals surface area contributed by atoms with E-state index in [0.717, 1.165) is 30.9 Å². The molecule has 0 bridgehead atoms. The van der Waals surface area contributed by atoms with Gasteiger partial charge in [-0.05, 0) is 19.8 Å². The predicted molar refractivity (Wildman–Crippen MR) is 69.9 cm³/mol. The zero-order chi connectivity index (χ0) is 13.2. The largest absolute Gasteiger partial charge is 0.365 e. The lowest BCUT2D eigenvalue weighted by Crippen LogP contribution is -2.50. The molecule has 102 valence electrons. The molecule has 1 amide bonds. The number of hydrogen-bond donors (Lipinski definition) is 1. The molecule has 1 aromatic rings. The van der Waals surface area contributed by atoms with E-state index in [0.29, 0.717) is 19.2 Å². The Morgan fingerprint density at radius 2 is 2.32 bits per heavy atom. The van der Waals surface area contributed by atoms with Gasteiger partial charge in [0.15, 0.2) is 6.10 Å². The molecule has 1 aromatic heterocycles. The molecule has 1 saturated heterocycles. The number of carbonyl (C=O) groups excluding carboxylic acids is 1. The van der Waals surface area contributed by atoms with Crippen LogP contribution in [0.1, 0.15) is 18.5 Å². The molecule has 0 radical (unpaired) electrons. The van der Waals surface area contributed by atoms with Crippen LogP contribution in [0.5, 0.6) is 0 Å². The summed E-state index contributed by atoms with van der Waals surface area (Å²) in [6.07, 6.45) is 3.34. The normalized spacial score (nSPS) is 23.2. The molecular weight excluding hydrogens is 244 g/mol.